The van der Waals surface area contributed by atoms with Crippen molar-refractivity contribution in [3.05, 3.63) is 231 Å². The number of hydrogen-bond acceptors (Lipinski definition) is 4. The molecule has 0 saturated heterocycles. The number of aromatic nitrogens is 6. The minimum Gasteiger partial charge on any atom is -0.456 e. The second-order valence-electron chi connectivity index (χ2n) is 18.8. The van der Waals surface area contributed by atoms with Crippen molar-refractivity contribution in [1.82, 2.24) is 28.7 Å². The van der Waals surface area contributed by atoms with Gasteiger partial charge in [-0.3, -0.25) is 4.57 Å². The van der Waals surface area contributed by atoms with E-state index in [9.17, 15) is 0 Å². The summed E-state index contributed by atoms with van der Waals surface area (Å²) in [5.74, 6) is 1.70. The fraction of sp³-hybridized carbons (Fsp3) is 0. The molecule has 0 N–H and O–H groups in total. The molecule has 11 aromatic carbocycles. The Bertz CT molecular complexity index is 4890. The molecule has 0 aliphatic rings. The van der Waals surface area contributed by atoms with Crippen LogP contribution in [-0.4, -0.2) is 28.7 Å². The molecule has 5 aromatic heterocycles. The number of para-hydroxylation sites is 4. The Kier molecular flexibility index (Phi) is 8.04. The lowest BCUT2D eigenvalue weighted by Gasteiger charge is -2.12. The van der Waals surface area contributed by atoms with Crippen molar-refractivity contribution >= 4 is 109 Å². The summed E-state index contributed by atoms with van der Waals surface area (Å²) in [6, 6.07) is 82.1. The summed E-state index contributed by atoms with van der Waals surface area (Å²) >= 11 is 0. The normalized spacial score (nSPS) is 12.2. The fourth-order valence-corrected chi connectivity index (χ4v) is 11.6. The molecule has 0 aliphatic carbocycles. The highest BCUT2D eigenvalue weighted by molar-refractivity contribution is 6.26. The van der Waals surface area contributed by atoms with Crippen LogP contribution in [0.1, 0.15) is 0 Å². The van der Waals surface area contributed by atoms with Crippen LogP contribution in [0.25, 0.3) is 149 Å². The van der Waals surface area contributed by atoms with Gasteiger partial charge >= 0.3 is 0 Å². The minimum atomic E-state index is 0.540. The summed E-state index contributed by atoms with van der Waals surface area (Å²) in [5.41, 5.74) is 12.1. The van der Waals surface area contributed by atoms with Gasteiger partial charge in [-0.25, -0.2) is 4.98 Å². The summed E-state index contributed by atoms with van der Waals surface area (Å²) < 4.78 is 13.6. The first-order valence-corrected chi connectivity index (χ1v) is 24.3. The van der Waals surface area contributed by atoms with Gasteiger partial charge < -0.3 is 13.6 Å². The first-order chi connectivity index (χ1) is 35.7. The van der Waals surface area contributed by atoms with Gasteiger partial charge in [-0.2, -0.15) is 9.97 Å². The number of fused-ring (bicyclic) bond motifs is 15. The van der Waals surface area contributed by atoms with E-state index in [2.05, 4.69) is 220 Å². The van der Waals surface area contributed by atoms with E-state index in [0.29, 0.717) is 17.6 Å². The van der Waals surface area contributed by atoms with Gasteiger partial charge in [0.05, 0.1) is 33.1 Å². The van der Waals surface area contributed by atoms with Crippen LogP contribution in [0, 0.1) is 0 Å². The maximum absolute atomic E-state index is 6.54. The van der Waals surface area contributed by atoms with E-state index in [1.807, 2.05) is 24.3 Å². The van der Waals surface area contributed by atoms with E-state index in [-0.39, 0.29) is 0 Å². The number of nitrogens with zero attached hydrogens (tertiary/aromatic N) is 6. The van der Waals surface area contributed by atoms with E-state index < -0.39 is 0 Å². The Hall–Kier alpha value is -9.85. The van der Waals surface area contributed by atoms with Gasteiger partial charge in [0.1, 0.15) is 11.2 Å². The van der Waals surface area contributed by atoms with Crippen molar-refractivity contribution in [1.29, 1.82) is 0 Å². The third kappa shape index (κ3) is 5.64. The lowest BCUT2D eigenvalue weighted by molar-refractivity contribution is 0.669. The minimum absolute atomic E-state index is 0.540. The molecule has 72 heavy (non-hydrogen) atoms. The van der Waals surface area contributed by atoms with Gasteiger partial charge in [0.15, 0.2) is 11.6 Å². The van der Waals surface area contributed by atoms with Gasteiger partial charge in [-0.05, 0) is 113 Å². The molecule has 5 heterocycles. The van der Waals surface area contributed by atoms with Crippen molar-refractivity contribution < 1.29 is 4.42 Å². The zero-order valence-electron chi connectivity index (χ0n) is 38.5. The van der Waals surface area contributed by atoms with E-state index >= 15 is 0 Å². The molecule has 0 radical (unpaired) electrons. The van der Waals surface area contributed by atoms with Gasteiger partial charge in [-0.1, -0.05) is 140 Å². The average molecular weight is 919 g/mol. The first kappa shape index (κ1) is 39.0. The molecule has 7 nitrogen and oxygen atoms in total. The highest BCUT2D eigenvalue weighted by atomic mass is 16.3. The van der Waals surface area contributed by atoms with Crippen LogP contribution >= 0.6 is 0 Å². The third-order valence-electron chi connectivity index (χ3n) is 14.8. The van der Waals surface area contributed by atoms with Crippen molar-refractivity contribution in [2.75, 3.05) is 0 Å². The summed E-state index contributed by atoms with van der Waals surface area (Å²) in [5, 5.41) is 13.9. The van der Waals surface area contributed by atoms with E-state index in [0.717, 1.165) is 99.1 Å². The van der Waals surface area contributed by atoms with E-state index in [1.54, 1.807) is 0 Å². The average Bonchev–Trinajstić information content (AvgIpc) is 4.18. The monoisotopic (exact) mass is 918 g/mol. The van der Waals surface area contributed by atoms with Crippen LogP contribution in [0.5, 0.6) is 0 Å². The molecular formula is C65H38N6O. The van der Waals surface area contributed by atoms with Gasteiger partial charge in [-0.15, -0.1) is 0 Å². The molecule has 0 spiro atoms. The zero-order chi connectivity index (χ0) is 47.0. The Morgan fingerprint density at radius 1 is 0.292 bits per heavy atom. The molecule has 334 valence electrons. The smallest absolute Gasteiger partial charge is 0.238 e. The standard InChI is InChI=1S/C65H38N6O/c1-2-14-39(15-3-1)63-66-64(43-27-32-59-52(37-43)53-38-46(29-33-60(53)72-59)69-54-22-10-6-18-47(54)48-19-7-11-23-55(48)69)68-65(67-63)71-56-24-12-8-20-49(56)50-30-31-58-61(62(50)71)51-21-9-13-25-57(51)70(58)45-28-26-42-34-40-16-4-5-17-41(40)35-44(42)36-45/h1-38H. The van der Waals surface area contributed by atoms with Gasteiger partial charge in [0, 0.05) is 65.6 Å². The maximum atomic E-state index is 6.54. The van der Waals surface area contributed by atoms with Crippen LogP contribution in [-0.2, 0) is 0 Å². The fourth-order valence-electron chi connectivity index (χ4n) is 11.6. The number of rotatable bonds is 5. The quantitative estimate of drug-likeness (QED) is 0.161. The topological polar surface area (TPSA) is 66.6 Å². The van der Waals surface area contributed by atoms with Crippen molar-refractivity contribution in [2.45, 2.75) is 0 Å². The highest BCUT2D eigenvalue weighted by Gasteiger charge is 2.24. The maximum Gasteiger partial charge on any atom is 0.238 e. The Morgan fingerprint density at radius 2 is 0.806 bits per heavy atom. The van der Waals surface area contributed by atoms with Crippen LogP contribution in [0.4, 0.5) is 0 Å². The second kappa shape index (κ2) is 14.8. The highest BCUT2D eigenvalue weighted by Crippen LogP contribution is 2.43. The molecule has 7 heteroatoms. The predicted octanol–water partition coefficient (Wildman–Crippen LogP) is 16.7. The summed E-state index contributed by atoms with van der Waals surface area (Å²) in [7, 11) is 0. The van der Waals surface area contributed by atoms with E-state index in [1.165, 1.54) is 32.3 Å². The van der Waals surface area contributed by atoms with Crippen molar-refractivity contribution in [2.24, 2.45) is 0 Å². The Labute approximate surface area is 410 Å². The lowest BCUT2D eigenvalue weighted by atomic mass is 10.0. The largest absolute Gasteiger partial charge is 0.456 e. The van der Waals surface area contributed by atoms with Crippen molar-refractivity contribution in [3.63, 3.8) is 0 Å². The Morgan fingerprint density at radius 3 is 1.53 bits per heavy atom. The Balaban J connectivity index is 0.931. The van der Waals surface area contributed by atoms with Gasteiger partial charge in [0.25, 0.3) is 0 Å². The molecule has 16 rings (SSSR count). The molecule has 0 unspecified atom stereocenters. The zero-order valence-corrected chi connectivity index (χ0v) is 38.5. The lowest BCUT2D eigenvalue weighted by Crippen LogP contribution is -2.06. The second-order valence-corrected chi connectivity index (χ2v) is 18.8. The first-order valence-electron chi connectivity index (χ1n) is 24.3. The van der Waals surface area contributed by atoms with Crippen LogP contribution < -0.4 is 0 Å². The summed E-state index contributed by atoms with van der Waals surface area (Å²) in [4.78, 5) is 16.1. The van der Waals surface area contributed by atoms with E-state index in [4.69, 9.17) is 19.4 Å². The molecule has 16 aromatic rings. The van der Waals surface area contributed by atoms with Crippen molar-refractivity contribution in [3.8, 4) is 40.1 Å². The molecule has 0 fully saturated rings. The molecular weight excluding hydrogens is 881 g/mol. The van der Waals surface area contributed by atoms with Gasteiger partial charge in [0.2, 0.25) is 5.95 Å². The summed E-state index contributed by atoms with van der Waals surface area (Å²) in [6.45, 7) is 0. The molecule has 0 atom stereocenters. The molecule has 0 bridgehead atoms. The van der Waals surface area contributed by atoms with Crippen LogP contribution in [0.3, 0.4) is 0 Å². The molecule has 0 amide bonds. The molecule has 0 saturated carbocycles. The third-order valence-corrected chi connectivity index (χ3v) is 14.8. The molecule has 0 aliphatic heterocycles. The predicted molar refractivity (Wildman–Crippen MR) is 296 cm³/mol. The number of benzene rings is 11. The van der Waals surface area contributed by atoms with Crippen LogP contribution in [0.2, 0.25) is 0 Å². The number of furan rings is 1. The van der Waals surface area contributed by atoms with Crippen LogP contribution in [0.15, 0.2) is 235 Å². The number of hydrogen-bond donors (Lipinski definition) is 0. The summed E-state index contributed by atoms with van der Waals surface area (Å²) in [6.07, 6.45) is 0. The SMILES string of the molecule is c1ccc(-c2nc(-c3ccc4oc5ccc(-n6c7ccccc7c7ccccc76)cc5c4c3)nc(-n3c4ccccc4c4ccc5c(c6ccccc6n5-c5ccc6cc7ccccc7cc6c5)c43)n2)cc1.